The summed E-state index contributed by atoms with van der Waals surface area (Å²) in [5.41, 5.74) is 7.30. The summed E-state index contributed by atoms with van der Waals surface area (Å²) >= 11 is 7.15. The molecule has 0 bridgehead atoms. The lowest BCUT2D eigenvalue weighted by molar-refractivity contribution is -0.144. The van der Waals surface area contributed by atoms with Gasteiger partial charge in [0.2, 0.25) is 5.91 Å². The molecule has 3 fully saturated rings. The van der Waals surface area contributed by atoms with Gasteiger partial charge in [-0.3, -0.25) is 10.2 Å². The maximum atomic E-state index is 12.8. The lowest BCUT2D eigenvalue weighted by atomic mass is 10.0. The molecule has 1 aromatic carbocycles. The molecule has 7 heteroatoms. The first-order valence-corrected chi connectivity index (χ1v) is 8.51. The molecule has 21 heavy (non-hydrogen) atoms. The third kappa shape index (κ3) is 2.11. The molecule has 3 aliphatic heterocycles. The predicted octanol–water partition coefficient (Wildman–Crippen LogP) is 0.881. The highest BCUT2D eigenvalue weighted by molar-refractivity contribution is 8.00. The molecule has 110 valence electrons. The lowest BCUT2D eigenvalue weighted by Gasteiger charge is -2.45. The van der Waals surface area contributed by atoms with Crippen molar-refractivity contribution in [2.24, 2.45) is 0 Å². The molecule has 0 aliphatic carbocycles. The molecule has 5 nitrogen and oxygen atoms in total. The fraction of sp³-hybridized carbons (Fsp3) is 0.429. The first-order chi connectivity index (χ1) is 10.3. The van der Waals surface area contributed by atoms with Crippen molar-refractivity contribution in [1.82, 2.24) is 20.7 Å². The van der Waals surface area contributed by atoms with Crippen LogP contribution in [0.15, 0.2) is 30.3 Å². The van der Waals surface area contributed by atoms with Gasteiger partial charge in [0.05, 0.1) is 6.04 Å². The van der Waals surface area contributed by atoms with Gasteiger partial charge in [0.25, 0.3) is 0 Å². The molecule has 1 aromatic rings. The van der Waals surface area contributed by atoms with Gasteiger partial charge in [-0.05, 0) is 30.0 Å². The van der Waals surface area contributed by atoms with Gasteiger partial charge in [0.1, 0.15) is 5.25 Å². The quantitative estimate of drug-likeness (QED) is 0.789. The summed E-state index contributed by atoms with van der Waals surface area (Å²) in [4.78, 5) is 16.9. The van der Waals surface area contributed by atoms with Gasteiger partial charge in [-0.25, -0.2) is 0 Å². The van der Waals surface area contributed by atoms with E-state index in [0.717, 1.165) is 17.7 Å². The number of fused-ring (bicyclic) bond motifs is 3. The van der Waals surface area contributed by atoms with Crippen LogP contribution in [0.1, 0.15) is 12.0 Å². The average Bonchev–Trinajstić information content (AvgIpc) is 3.11. The van der Waals surface area contributed by atoms with E-state index < -0.39 is 0 Å². The minimum absolute atomic E-state index is 0.00427. The van der Waals surface area contributed by atoms with E-state index in [9.17, 15) is 4.79 Å². The molecule has 3 aliphatic rings. The van der Waals surface area contributed by atoms with Crippen molar-refractivity contribution in [3.63, 3.8) is 0 Å². The van der Waals surface area contributed by atoms with Crippen molar-refractivity contribution in [3.05, 3.63) is 35.9 Å². The number of hydrogen-bond acceptors (Lipinski definition) is 4. The number of nitrogens with one attached hydrogen (secondary N) is 2. The second-order valence-electron chi connectivity index (χ2n) is 5.45. The molecule has 4 rings (SSSR count). The van der Waals surface area contributed by atoms with Gasteiger partial charge in [0, 0.05) is 6.54 Å². The number of carbonyl (C=O) groups is 1. The molecule has 1 amide bonds. The molecule has 2 N–H and O–H groups in total. The van der Waals surface area contributed by atoms with E-state index in [1.807, 2.05) is 35.2 Å². The van der Waals surface area contributed by atoms with E-state index >= 15 is 0 Å². The third-order valence-electron chi connectivity index (χ3n) is 4.24. The smallest absolute Gasteiger partial charge is 0.240 e. The van der Waals surface area contributed by atoms with Crippen molar-refractivity contribution in [2.45, 2.75) is 30.5 Å². The summed E-state index contributed by atoms with van der Waals surface area (Å²) in [6, 6.07) is 10.3. The van der Waals surface area contributed by atoms with Gasteiger partial charge in [-0.2, -0.15) is 5.43 Å². The number of nitrogens with zero attached hydrogens (tertiary/aromatic N) is 2. The predicted molar refractivity (Wildman–Crippen MR) is 86.1 cm³/mol. The number of thioether (sulfide) groups is 1. The largest absolute Gasteiger partial charge is 0.309 e. The standard InChI is InChI=1S/C14H16N4OS2/c19-12-11-10(6-7-21-11)18-13(15-16-14(18)20)17(12)8-9-4-2-1-3-5-9/h1-5,10-11,13,15H,6-8H2,(H,16,20). The Hall–Kier alpha value is -1.31. The SMILES string of the molecule is O=C1C2SCCC2N2C(=S)NNC2N1Cc1ccccc1. The van der Waals surface area contributed by atoms with Crippen molar-refractivity contribution < 1.29 is 4.79 Å². The van der Waals surface area contributed by atoms with E-state index in [4.69, 9.17) is 12.2 Å². The van der Waals surface area contributed by atoms with Crippen molar-refractivity contribution in [2.75, 3.05) is 5.75 Å². The fourth-order valence-electron chi connectivity index (χ4n) is 3.26. The van der Waals surface area contributed by atoms with E-state index in [2.05, 4.69) is 15.8 Å². The summed E-state index contributed by atoms with van der Waals surface area (Å²) in [7, 11) is 0. The highest BCUT2D eigenvalue weighted by atomic mass is 32.2. The monoisotopic (exact) mass is 320 g/mol. The molecule has 0 aromatic heterocycles. The Balaban J connectivity index is 1.66. The van der Waals surface area contributed by atoms with Crippen LogP contribution in [0.3, 0.4) is 0 Å². The zero-order chi connectivity index (χ0) is 14.4. The van der Waals surface area contributed by atoms with Crippen molar-refractivity contribution in [1.29, 1.82) is 0 Å². The van der Waals surface area contributed by atoms with Crippen molar-refractivity contribution in [3.8, 4) is 0 Å². The number of carbonyl (C=O) groups excluding carboxylic acids is 1. The number of hydrazine groups is 1. The van der Waals surface area contributed by atoms with E-state index in [0.29, 0.717) is 11.7 Å². The Bertz CT molecular complexity index is 582. The molecule has 3 heterocycles. The molecule has 3 unspecified atom stereocenters. The van der Waals surface area contributed by atoms with Crippen LogP contribution < -0.4 is 10.9 Å². The third-order valence-corrected chi connectivity index (χ3v) is 5.90. The normalized spacial score (nSPS) is 31.1. The van der Waals surface area contributed by atoms with Crippen LogP contribution in [0.2, 0.25) is 0 Å². The number of hydrogen-bond donors (Lipinski definition) is 2. The molecule has 0 saturated carbocycles. The number of thiocarbonyl (C=S) groups is 1. The highest BCUT2D eigenvalue weighted by Crippen LogP contribution is 2.38. The Kier molecular flexibility index (Phi) is 3.28. The first kappa shape index (κ1) is 13.4. The Morgan fingerprint density at radius 3 is 2.95 bits per heavy atom. The summed E-state index contributed by atoms with van der Waals surface area (Å²) in [5, 5.41) is 0.702. The second kappa shape index (κ2) is 5.15. The Morgan fingerprint density at radius 2 is 2.14 bits per heavy atom. The van der Waals surface area contributed by atoms with Crippen LogP contribution in [-0.2, 0) is 11.3 Å². The first-order valence-electron chi connectivity index (χ1n) is 7.05. The lowest BCUT2D eigenvalue weighted by Crippen LogP contribution is -2.65. The van der Waals surface area contributed by atoms with Crippen LogP contribution in [-0.4, -0.2) is 44.2 Å². The number of rotatable bonds is 2. The zero-order valence-electron chi connectivity index (χ0n) is 11.4. The summed E-state index contributed by atoms with van der Waals surface area (Å²) < 4.78 is 0. The highest BCUT2D eigenvalue weighted by Gasteiger charge is 2.52. The van der Waals surface area contributed by atoms with E-state index in [1.54, 1.807) is 11.8 Å². The fourth-order valence-corrected chi connectivity index (χ4v) is 4.95. The Morgan fingerprint density at radius 1 is 1.33 bits per heavy atom. The Labute approximate surface area is 133 Å². The van der Waals surface area contributed by atoms with Crippen LogP contribution in [0, 0.1) is 0 Å². The molecule has 0 radical (unpaired) electrons. The van der Waals surface area contributed by atoms with Gasteiger partial charge in [-0.1, -0.05) is 30.3 Å². The topological polar surface area (TPSA) is 47.6 Å². The van der Waals surface area contributed by atoms with Crippen LogP contribution >= 0.6 is 24.0 Å². The maximum absolute atomic E-state index is 12.8. The molecular formula is C14H16N4OS2. The van der Waals surface area contributed by atoms with Crippen LogP contribution in [0.25, 0.3) is 0 Å². The molecule has 0 spiro atoms. The van der Waals surface area contributed by atoms with Gasteiger partial charge >= 0.3 is 0 Å². The second-order valence-corrected chi connectivity index (χ2v) is 7.09. The minimum Gasteiger partial charge on any atom is -0.309 e. The minimum atomic E-state index is -0.176. The van der Waals surface area contributed by atoms with Gasteiger partial charge in [0.15, 0.2) is 11.4 Å². The van der Waals surface area contributed by atoms with Crippen LogP contribution in [0.4, 0.5) is 0 Å². The average molecular weight is 320 g/mol. The molecule has 3 saturated heterocycles. The summed E-state index contributed by atoms with van der Waals surface area (Å²) in [6.45, 7) is 0.599. The zero-order valence-corrected chi connectivity index (χ0v) is 13.0. The summed E-state index contributed by atoms with van der Waals surface area (Å²) in [6.07, 6.45) is 0.838. The van der Waals surface area contributed by atoms with E-state index in [-0.39, 0.29) is 23.5 Å². The van der Waals surface area contributed by atoms with Gasteiger partial charge in [-0.15, -0.1) is 11.8 Å². The number of benzene rings is 1. The van der Waals surface area contributed by atoms with Crippen molar-refractivity contribution >= 4 is 35.0 Å². The van der Waals surface area contributed by atoms with Gasteiger partial charge < -0.3 is 9.80 Å². The van der Waals surface area contributed by atoms with E-state index in [1.165, 1.54) is 0 Å². The molecule has 3 atom stereocenters. The molecular weight excluding hydrogens is 304 g/mol. The van der Waals surface area contributed by atoms with Crippen LogP contribution in [0.5, 0.6) is 0 Å². The maximum Gasteiger partial charge on any atom is 0.240 e. The number of amides is 1. The summed E-state index contributed by atoms with van der Waals surface area (Å²) in [5.74, 6) is 1.23.